The van der Waals surface area contributed by atoms with Crippen LogP contribution in [-0.2, 0) is 13.2 Å². The molecule has 1 heterocycles. The number of rotatable bonds is 4. The number of hydrogen-bond donors (Lipinski definition) is 1. The molecule has 2 rings (SSSR count). The summed E-state index contributed by atoms with van der Waals surface area (Å²) in [6.07, 6.45) is 1.16. The Labute approximate surface area is 106 Å². The van der Waals surface area contributed by atoms with E-state index in [-0.39, 0.29) is 6.61 Å². The molecule has 0 aliphatic carbocycles. The zero-order chi connectivity index (χ0) is 13.0. The van der Waals surface area contributed by atoms with E-state index in [1.54, 1.807) is 0 Å². The molecule has 0 unspecified atom stereocenters. The van der Waals surface area contributed by atoms with E-state index < -0.39 is 5.82 Å². The second-order valence-corrected chi connectivity index (χ2v) is 4.14. The molecule has 0 amide bonds. The summed E-state index contributed by atoms with van der Waals surface area (Å²) >= 11 is 0. The number of anilines is 1. The smallest absolute Gasteiger partial charge is 0.142 e. The number of aromatic nitrogens is 1. The van der Waals surface area contributed by atoms with Gasteiger partial charge >= 0.3 is 0 Å². The van der Waals surface area contributed by atoms with Crippen molar-refractivity contribution >= 4 is 5.82 Å². The summed E-state index contributed by atoms with van der Waals surface area (Å²) in [4.78, 5) is 5.93. The van der Waals surface area contributed by atoms with Crippen molar-refractivity contribution in [3.8, 4) is 0 Å². The number of benzene rings is 1. The van der Waals surface area contributed by atoms with E-state index in [0.717, 1.165) is 11.8 Å². The number of hydrogen-bond acceptors (Lipinski definition) is 3. The Balaban J connectivity index is 2.21. The molecule has 0 saturated carbocycles. The molecule has 0 radical (unpaired) electrons. The van der Waals surface area contributed by atoms with Gasteiger partial charge in [0.25, 0.3) is 0 Å². The summed E-state index contributed by atoms with van der Waals surface area (Å²) < 4.78 is 13.0. The number of aliphatic hydroxyl groups excluding tert-OH is 1. The molecule has 0 bridgehead atoms. The predicted molar refractivity (Wildman–Crippen MR) is 68.7 cm³/mol. The average molecular weight is 246 g/mol. The van der Waals surface area contributed by atoms with Gasteiger partial charge in [0.05, 0.1) is 12.8 Å². The fourth-order valence-electron chi connectivity index (χ4n) is 1.87. The van der Waals surface area contributed by atoms with E-state index in [9.17, 15) is 9.50 Å². The molecule has 94 valence electrons. The van der Waals surface area contributed by atoms with E-state index in [2.05, 4.69) is 4.98 Å². The Hall–Kier alpha value is -1.94. The van der Waals surface area contributed by atoms with Crippen LogP contribution >= 0.6 is 0 Å². The minimum Gasteiger partial charge on any atom is -0.392 e. The lowest BCUT2D eigenvalue weighted by molar-refractivity contribution is 0.281. The van der Waals surface area contributed by atoms with E-state index in [1.165, 1.54) is 6.07 Å². The van der Waals surface area contributed by atoms with Crippen LogP contribution in [0.25, 0.3) is 0 Å². The van der Waals surface area contributed by atoms with Crippen molar-refractivity contribution in [3.63, 3.8) is 0 Å². The van der Waals surface area contributed by atoms with Gasteiger partial charge in [-0.15, -0.1) is 0 Å². The van der Waals surface area contributed by atoms with Gasteiger partial charge in [-0.1, -0.05) is 30.3 Å². The third-order valence-electron chi connectivity index (χ3n) is 2.70. The highest BCUT2D eigenvalue weighted by Gasteiger charge is 2.10. The standard InChI is InChI=1S/C14H15FN2O/c1-17(9-11-5-3-2-4-6-11)14-12(10-18)7-13(15)8-16-14/h2-8,18H,9-10H2,1H3. The Bertz CT molecular complexity index is 516. The summed E-state index contributed by atoms with van der Waals surface area (Å²) in [5.74, 6) is 0.165. The lowest BCUT2D eigenvalue weighted by Crippen LogP contribution is -2.19. The van der Waals surface area contributed by atoms with Crippen LogP contribution in [0, 0.1) is 5.82 Å². The molecule has 0 fully saturated rings. The zero-order valence-electron chi connectivity index (χ0n) is 10.2. The van der Waals surface area contributed by atoms with Crippen molar-refractivity contribution in [2.45, 2.75) is 13.2 Å². The van der Waals surface area contributed by atoms with Crippen molar-refractivity contribution in [2.75, 3.05) is 11.9 Å². The maximum absolute atomic E-state index is 13.0. The van der Waals surface area contributed by atoms with E-state index in [4.69, 9.17) is 0 Å². The molecule has 0 spiro atoms. The largest absolute Gasteiger partial charge is 0.392 e. The van der Waals surface area contributed by atoms with Crippen molar-refractivity contribution in [1.82, 2.24) is 4.98 Å². The highest BCUT2D eigenvalue weighted by Crippen LogP contribution is 2.19. The summed E-state index contributed by atoms with van der Waals surface area (Å²) in [6.45, 7) is 0.436. The third-order valence-corrected chi connectivity index (χ3v) is 2.70. The van der Waals surface area contributed by atoms with Gasteiger partial charge in [0.15, 0.2) is 0 Å². The number of halogens is 1. The van der Waals surface area contributed by atoms with Gasteiger partial charge in [0, 0.05) is 19.2 Å². The zero-order valence-corrected chi connectivity index (χ0v) is 10.2. The molecule has 0 saturated heterocycles. The maximum atomic E-state index is 13.0. The minimum atomic E-state index is -0.434. The number of aliphatic hydroxyl groups is 1. The Morgan fingerprint density at radius 3 is 2.67 bits per heavy atom. The summed E-state index contributed by atoms with van der Waals surface area (Å²) in [7, 11) is 1.87. The minimum absolute atomic E-state index is 0.223. The molecule has 0 atom stereocenters. The molecule has 1 aromatic heterocycles. The first-order valence-electron chi connectivity index (χ1n) is 5.71. The molecular weight excluding hydrogens is 231 g/mol. The van der Waals surface area contributed by atoms with Crippen molar-refractivity contribution in [2.24, 2.45) is 0 Å². The molecule has 0 aliphatic heterocycles. The quantitative estimate of drug-likeness (QED) is 0.899. The van der Waals surface area contributed by atoms with Crippen LogP contribution in [0.2, 0.25) is 0 Å². The van der Waals surface area contributed by atoms with Crippen LogP contribution in [0.4, 0.5) is 10.2 Å². The summed E-state index contributed by atoms with van der Waals surface area (Å²) in [6, 6.07) is 11.2. The molecule has 2 aromatic rings. The van der Waals surface area contributed by atoms with Crippen molar-refractivity contribution in [1.29, 1.82) is 0 Å². The molecule has 4 heteroatoms. The van der Waals surface area contributed by atoms with Gasteiger partial charge in [-0.05, 0) is 11.6 Å². The predicted octanol–water partition coefficient (Wildman–Crippen LogP) is 2.35. The van der Waals surface area contributed by atoms with E-state index >= 15 is 0 Å². The van der Waals surface area contributed by atoms with Crippen LogP contribution in [0.5, 0.6) is 0 Å². The average Bonchev–Trinajstić information content (AvgIpc) is 2.39. The second kappa shape index (κ2) is 5.60. The molecule has 1 N–H and O–H groups in total. The topological polar surface area (TPSA) is 36.4 Å². The maximum Gasteiger partial charge on any atom is 0.142 e. The highest BCUT2D eigenvalue weighted by atomic mass is 19.1. The molecule has 1 aromatic carbocycles. The fourth-order valence-corrected chi connectivity index (χ4v) is 1.87. The number of nitrogens with zero attached hydrogens (tertiary/aromatic N) is 2. The van der Waals surface area contributed by atoms with Crippen LogP contribution in [0.1, 0.15) is 11.1 Å². The van der Waals surface area contributed by atoms with Gasteiger partial charge in [0.1, 0.15) is 11.6 Å². The monoisotopic (exact) mass is 246 g/mol. The molecular formula is C14H15FN2O. The van der Waals surface area contributed by atoms with Crippen LogP contribution < -0.4 is 4.90 Å². The number of pyridine rings is 1. The lowest BCUT2D eigenvalue weighted by atomic mass is 10.2. The van der Waals surface area contributed by atoms with Gasteiger partial charge in [-0.25, -0.2) is 9.37 Å². The first-order chi connectivity index (χ1) is 8.70. The summed E-state index contributed by atoms with van der Waals surface area (Å²) in [5, 5.41) is 9.22. The first kappa shape index (κ1) is 12.5. The van der Waals surface area contributed by atoms with Crippen LogP contribution in [0.15, 0.2) is 42.6 Å². The molecule has 0 aliphatic rings. The Kier molecular flexibility index (Phi) is 3.89. The van der Waals surface area contributed by atoms with Crippen molar-refractivity contribution < 1.29 is 9.50 Å². The SMILES string of the molecule is CN(Cc1ccccc1)c1ncc(F)cc1CO. The van der Waals surface area contributed by atoms with Gasteiger partial charge in [-0.2, -0.15) is 0 Å². The highest BCUT2D eigenvalue weighted by molar-refractivity contribution is 5.46. The Morgan fingerprint density at radius 1 is 1.28 bits per heavy atom. The third kappa shape index (κ3) is 2.84. The van der Waals surface area contributed by atoms with Crippen molar-refractivity contribution in [3.05, 3.63) is 59.5 Å². The van der Waals surface area contributed by atoms with Gasteiger partial charge < -0.3 is 10.0 Å². The normalized spacial score (nSPS) is 10.4. The van der Waals surface area contributed by atoms with Gasteiger partial charge in [-0.3, -0.25) is 0 Å². The van der Waals surface area contributed by atoms with E-state index in [1.807, 2.05) is 42.3 Å². The molecule has 18 heavy (non-hydrogen) atoms. The second-order valence-electron chi connectivity index (χ2n) is 4.14. The fraction of sp³-hybridized carbons (Fsp3) is 0.214. The van der Waals surface area contributed by atoms with E-state index in [0.29, 0.717) is 17.9 Å². The van der Waals surface area contributed by atoms with Crippen LogP contribution in [-0.4, -0.2) is 17.1 Å². The first-order valence-corrected chi connectivity index (χ1v) is 5.71. The summed E-state index contributed by atoms with van der Waals surface area (Å²) in [5.41, 5.74) is 1.63. The van der Waals surface area contributed by atoms with Crippen LogP contribution in [0.3, 0.4) is 0 Å². The lowest BCUT2D eigenvalue weighted by Gasteiger charge is -2.20. The van der Waals surface area contributed by atoms with Gasteiger partial charge in [0.2, 0.25) is 0 Å². The Morgan fingerprint density at radius 2 is 2.00 bits per heavy atom. The molecule has 3 nitrogen and oxygen atoms in total.